The van der Waals surface area contributed by atoms with Crippen LogP contribution in [-0.4, -0.2) is 25.5 Å². The second-order valence-corrected chi connectivity index (χ2v) is 4.64. The molecule has 0 aliphatic carbocycles. The van der Waals surface area contributed by atoms with E-state index in [1.54, 1.807) is 0 Å². The van der Waals surface area contributed by atoms with Crippen molar-refractivity contribution in [3.8, 4) is 0 Å². The fourth-order valence-corrected chi connectivity index (χ4v) is 2.16. The summed E-state index contributed by atoms with van der Waals surface area (Å²) in [6.07, 6.45) is 4.23. The molecule has 1 fully saturated rings. The third kappa shape index (κ3) is 4.65. The molecule has 1 heterocycles. The van der Waals surface area contributed by atoms with E-state index in [-0.39, 0.29) is 5.91 Å². The molecule has 1 saturated heterocycles. The Balaban J connectivity index is 2.21. The van der Waals surface area contributed by atoms with E-state index in [4.69, 9.17) is 0 Å². The molecule has 1 rings (SSSR count). The van der Waals surface area contributed by atoms with Gasteiger partial charge in [-0.15, -0.1) is 0 Å². The normalized spacial score (nSPS) is 23.5. The maximum absolute atomic E-state index is 11.5. The zero-order valence-electron chi connectivity index (χ0n) is 10.0. The molecule has 0 spiro atoms. The van der Waals surface area contributed by atoms with E-state index in [0.29, 0.717) is 18.3 Å². The summed E-state index contributed by atoms with van der Waals surface area (Å²) in [6.45, 7) is 7.32. The van der Waals surface area contributed by atoms with Crippen LogP contribution in [0.4, 0.5) is 0 Å². The van der Waals surface area contributed by atoms with Crippen molar-refractivity contribution in [2.45, 2.75) is 39.5 Å². The first-order valence-electron chi connectivity index (χ1n) is 6.21. The van der Waals surface area contributed by atoms with E-state index in [2.05, 4.69) is 24.5 Å². The standard InChI is InChI=1S/C12H24N2O/c1-3-6-14-12(15)8-10(2)11-5-4-7-13-9-11/h10-11,13H,3-9H2,1-2H3,(H,14,15). The Morgan fingerprint density at radius 2 is 2.40 bits per heavy atom. The highest BCUT2D eigenvalue weighted by Crippen LogP contribution is 2.22. The number of amides is 1. The van der Waals surface area contributed by atoms with Gasteiger partial charge in [0.25, 0.3) is 0 Å². The topological polar surface area (TPSA) is 41.1 Å². The highest BCUT2D eigenvalue weighted by molar-refractivity contribution is 5.76. The van der Waals surface area contributed by atoms with Gasteiger partial charge in [-0.3, -0.25) is 4.79 Å². The first-order chi connectivity index (χ1) is 7.24. The summed E-state index contributed by atoms with van der Waals surface area (Å²) in [5.74, 6) is 1.41. The SMILES string of the molecule is CCCNC(=O)CC(C)C1CCCNC1. The predicted octanol–water partition coefficient (Wildman–Crippen LogP) is 1.54. The third-order valence-electron chi connectivity index (χ3n) is 3.22. The second kappa shape index (κ2) is 6.83. The molecule has 2 N–H and O–H groups in total. The summed E-state index contributed by atoms with van der Waals surface area (Å²) in [5.41, 5.74) is 0. The molecule has 1 aliphatic rings. The Kier molecular flexibility index (Phi) is 5.69. The van der Waals surface area contributed by atoms with Crippen molar-refractivity contribution >= 4 is 5.91 Å². The van der Waals surface area contributed by atoms with Gasteiger partial charge in [-0.25, -0.2) is 0 Å². The van der Waals surface area contributed by atoms with Gasteiger partial charge in [-0.1, -0.05) is 13.8 Å². The van der Waals surface area contributed by atoms with Gasteiger partial charge in [-0.05, 0) is 44.2 Å². The molecule has 0 bridgehead atoms. The average Bonchev–Trinajstić information content (AvgIpc) is 2.27. The van der Waals surface area contributed by atoms with Crippen molar-refractivity contribution < 1.29 is 4.79 Å². The van der Waals surface area contributed by atoms with Crippen molar-refractivity contribution in [2.75, 3.05) is 19.6 Å². The third-order valence-corrected chi connectivity index (χ3v) is 3.22. The summed E-state index contributed by atoms with van der Waals surface area (Å²) >= 11 is 0. The molecule has 3 heteroatoms. The Labute approximate surface area is 93.0 Å². The lowest BCUT2D eigenvalue weighted by Gasteiger charge is -2.27. The number of nitrogens with one attached hydrogen (secondary N) is 2. The van der Waals surface area contributed by atoms with Crippen molar-refractivity contribution in [3.05, 3.63) is 0 Å². The lowest BCUT2D eigenvalue weighted by Crippen LogP contribution is -2.35. The van der Waals surface area contributed by atoms with E-state index < -0.39 is 0 Å². The van der Waals surface area contributed by atoms with Crippen LogP contribution < -0.4 is 10.6 Å². The maximum atomic E-state index is 11.5. The first kappa shape index (κ1) is 12.5. The monoisotopic (exact) mass is 212 g/mol. The van der Waals surface area contributed by atoms with Crippen LogP contribution in [0.1, 0.15) is 39.5 Å². The molecule has 0 aromatic rings. The summed E-state index contributed by atoms with van der Waals surface area (Å²) in [4.78, 5) is 11.5. The largest absolute Gasteiger partial charge is 0.356 e. The molecular formula is C12H24N2O. The van der Waals surface area contributed by atoms with E-state index >= 15 is 0 Å². The van der Waals surface area contributed by atoms with E-state index in [9.17, 15) is 4.79 Å². The van der Waals surface area contributed by atoms with Crippen molar-refractivity contribution in [1.82, 2.24) is 10.6 Å². The van der Waals surface area contributed by atoms with Gasteiger partial charge in [0, 0.05) is 13.0 Å². The van der Waals surface area contributed by atoms with Crippen molar-refractivity contribution in [1.29, 1.82) is 0 Å². The molecule has 0 radical (unpaired) electrons. The minimum Gasteiger partial charge on any atom is -0.356 e. The first-order valence-corrected chi connectivity index (χ1v) is 6.21. The lowest BCUT2D eigenvalue weighted by molar-refractivity contribution is -0.122. The molecule has 0 aromatic carbocycles. The van der Waals surface area contributed by atoms with Crippen LogP contribution >= 0.6 is 0 Å². The number of piperidine rings is 1. The molecule has 0 aromatic heterocycles. The minimum atomic E-state index is 0.218. The van der Waals surface area contributed by atoms with Crippen LogP contribution in [0.5, 0.6) is 0 Å². The van der Waals surface area contributed by atoms with E-state index in [1.165, 1.54) is 12.8 Å². The predicted molar refractivity (Wildman–Crippen MR) is 62.7 cm³/mol. The molecule has 2 unspecified atom stereocenters. The summed E-state index contributed by atoms with van der Waals surface area (Å²) < 4.78 is 0. The number of rotatable bonds is 5. The molecule has 0 saturated carbocycles. The number of hydrogen-bond donors (Lipinski definition) is 2. The van der Waals surface area contributed by atoms with Gasteiger partial charge in [0.2, 0.25) is 5.91 Å². The van der Waals surface area contributed by atoms with Crippen molar-refractivity contribution in [2.24, 2.45) is 11.8 Å². The molecule has 1 amide bonds. The molecular weight excluding hydrogens is 188 g/mol. The average molecular weight is 212 g/mol. The van der Waals surface area contributed by atoms with Crippen LogP contribution in [0.15, 0.2) is 0 Å². The highest BCUT2D eigenvalue weighted by atomic mass is 16.1. The zero-order chi connectivity index (χ0) is 11.1. The fraction of sp³-hybridized carbons (Fsp3) is 0.917. The smallest absolute Gasteiger partial charge is 0.220 e. The maximum Gasteiger partial charge on any atom is 0.220 e. The van der Waals surface area contributed by atoms with Crippen LogP contribution in [-0.2, 0) is 4.79 Å². The van der Waals surface area contributed by atoms with E-state index in [0.717, 1.165) is 26.1 Å². The van der Waals surface area contributed by atoms with Crippen LogP contribution in [0.3, 0.4) is 0 Å². The van der Waals surface area contributed by atoms with Gasteiger partial charge in [-0.2, -0.15) is 0 Å². The quantitative estimate of drug-likeness (QED) is 0.726. The van der Waals surface area contributed by atoms with Gasteiger partial charge in [0.1, 0.15) is 0 Å². The Morgan fingerprint density at radius 3 is 3.00 bits per heavy atom. The Hall–Kier alpha value is -0.570. The van der Waals surface area contributed by atoms with Gasteiger partial charge < -0.3 is 10.6 Å². The van der Waals surface area contributed by atoms with Gasteiger partial charge >= 0.3 is 0 Å². The Morgan fingerprint density at radius 1 is 1.60 bits per heavy atom. The number of hydrogen-bond acceptors (Lipinski definition) is 2. The number of carbonyl (C=O) groups excluding carboxylic acids is 1. The molecule has 1 aliphatic heterocycles. The minimum absolute atomic E-state index is 0.218. The molecule has 2 atom stereocenters. The van der Waals surface area contributed by atoms with E-state index in [1.807, 2.05) is 0 Å². The second-order valence-electron chi connectivity index (χ2n) is 4.64. The summed E-state index contributed by atoms with van der Waals surface area (Å²) in [5, 5.41) is 6.34. The summed E-state index contributed by atoms with van der Waals surface area (Å²) in [6, 6.07) is 0. The van der Waals surface area contributed by atoms with Gasteiger partial charge in [0.15, 0.2) is 0 Å². The molecule has 88 valence electrons. The van der Waals surface area contributed by atoms with Crippen LogP contribution in [0, 0.1) is 11.8 Å². The molecule has 3 nitrogen and oxygen atoms in total. The fourth-order valence-electron chi connectivity index (χ4n) is 2.16. The zero-order valence-corrected chi connectivity index (χ0v) is 10.0. The molecule has 15 heavy (non-hydrogen) atoms. The number of carbonyl (C=O) groups is 1. The van der Waals surface area contributed by atoms with Crippen LogP contribution in [0.25, 0.3) is 0 Å². The summed E-state index contributed by atoms with van der Waals surface area (Å²) in [7, 11) is 0. The Bertz CT molecular complexity index is 188. The highest BCUT2D eigenvalue weighted by Gasteiger charge is 2.21. The van der Waals surface area contributed by atoms with Crippen LogP contribution in [0.2, 0.25) is 0 Å². The van der Waals surface area contributed by atoms with Crippen molar-refractivity contribution in [3.63, 3.8) is 0 Å². The lowest BCUT2D eigenvalue weighted by atomic mass is 9.85. The van der Waals surface area contributed by atoms with Gasteiger partial charge in [0.05, 0.1) is 0 Å².